The minimum Gasteiger partial charge on any atom is -0.492 e. The summed E-state index contributed by atoms with van der Waals surface area (Å²) in [6.07, 6.45) is 0.408. The van der Waals surface area contributed by atoms with E-state index in [2.05, 4.69) is 22.5 Å². The minimum absolute atomic E-state index is 0.408. The summed E-state index contributed by atoms with van der Waals surface area (Å²) >= 11 is 3.36. The Morgan fingerprint density at radius 1 is 1.50 bits per heavy atom. The second kappa shape index (κ2) is 4.56. The van der Waals surface area contributed by atoms with Crippen molar-refractivity contribution in [2.24, 2.45) is 0 Å². The first-order chi connectivity index (χ1) is 8.79. The van der Waals surface area contributed by atoms with Crippen LogP contribution in [0.2, 0.25) is 0 Å². The van der Waals surface area contributed by atoms with Crippen molar-refractivity contribution in [2.45, 2.75) is 13.3 Å². The molecule has 0 bridgehead atoms. The SMILES string of the molecule is Cc1nc2c(cc(OCCC#N)c3ccsc32)s1. The zero-order valence-electron chi connectivity index (χ0n) is 9.77. The number of aromatic nitrogens is 1. The van der Waals surface area contributed by atoms with Crippen LogP contribution in [-0.4, -0.2) is 11.6 Å². The van der Waals surface area contributed by atoms with E-state index < -0.39 is 0 Å². The first-order valence-corrected chi connectivity index (χ1v) is 7.26. The molecule has 0 N–H and O–H groups in total. The van der Waals surface area contributed by atoms with Crippen molar-refractivity contribution in [3.05, 3.63) is 22.5 Å². The fourth-order valence-electron chi connectivity index (χ4n) is 1.91. The van der Waals surface area contributed by atoms with Crippen LogP contribution in [0.5, 0.6) is 5.75 Å². The summed E-state index contributed by atoms with van der Waals surface area (Å²) in [6.45, 7) is 2.45. The van der Waals surface area contributed by atoms with Crippen LogP contribution in [0.3, 0.4) is 0 Å². The second-order valence-electron chi connectivity index (χ2n) is 3.87. The number of thiophene rings is 1. The lowest BCUT2D eigenvalue weighted by Gasteiger charge is -2.05. The first kappa shape index (κ1) is 11.5. The number of nitriles is 1. The van der Waals surface area contributed by atoms with Crippen LogP contribution in [0, 0.1) is 18.3 Å². The smallest absolute Gasteiger partial charge is 0.129 e. The topological polar surface area (TPSA) is 45.9 Å². The second-order valence-corrected chi connectivity index (χ2v) is 6.03. The van der Waals surface area contributed by atoms with Crippen molar-refractivity contribution in [2.75, 3.05) is 6.61 Å². The maximum atomic E-state index is 8.56. The summed E-state index contributed by atoms with van der Waals surface area (Å²) in [5, 5.41) is 12.8. The van der Waals surface area contributed by atoms with Crippen LogP contribution in [0.1, 0.15) is 11.4 Å². The van der Waals surface area contributed by atoms with Gasteiger partial charge in [0.15, 0.2) is 0 Å². The molecule has 3 rings (SSSR count). The van der Waals surface area contributed by atoms with Gasteiger partial charge in [-0.3, -0.25) is 0 Å². The molecule has 0 saturated carbocycles. The molecular weight excluding hydrogens is 264 g/mol. The number of hydrogen-bond acceptors (Lipinski definition) is 5. The van der Waals surface area contributed by atoms with Crippen LogP contribution in [0.15, 0.2) is 17.5 Å². The number of fused-ring (bicyclic) bond motifs is 3. The average molecular weight is 274 g/mol. The molecule has 3 nitrogen and oxygen atoms in total. The van der Waals surface area contributed by atoms with Crippen LogP contribution in [0.4, 0.5) is 0 Å². The maximum Gasteiger partial charge on any atom is 0.129 e. The third kappa shape index (κ3) is 1.84. The van der Waals surface area contributed by atoms with E-state index >= 15 is 0 Å². The van der Waals surface area contributed by atoms with E-state index in [4.69, 9.17) is 10.00 Å². The van der Waals surface area contributed by atoms with E-state index in [1.54, 1.807) is 22.7 Å². The van der Waals surface area contributed by atoms with Gasteiger partial charge in [0.05, 0.1) is 32.4 Å². The summed E-state index contributed by atoms with van der Waals surface area (Å²) in [5.74, 6) is 0.859. The molecule has 90 valence electrons. The van der Waals surface area contributed by atoms with E-state index in [1.165, 1.54) is 4.70 Å². The highest BCUT2D eigenvalue weighted by Gasteiger charge is 2.12. The van der Waals surface area contributed by atoms with E-state index in [0.29, 0.717) is 13.0 Å². The van der Waals surface area contributed by atoms with Gasteiger partial charge in [-0.05, 0) is 18.4 Å². The maximum absolute atomic E-state index is 8.56. The lowest BCUT2D eigenvalue weighted by Crippen LogP contribution is -1.95. The third-order valence-corrected chi connectivity index (χ3v) is 4.48. The largest absolute Gasteiger partial charge is 0.492 e. The number of rotatable bonds is 3. The Morgan fingerprint density at radius 3 is 3.22 bits per heavy atom. The van der Waals surface area contributed by atoms with Crippen LogP contribution < -0.4 is 4.74 Å². The van der Waals surface area contributed by atoms with Gasteiger partial charge in [-0.2, -0.15) is 5.26 Å². The molecule has 0 unspecified atom stereocenters. The monoisotopic (exact) mass is 274 g/mol. The normalized spacial score (nSPS) is 10.9. The predicted molar refractivity (Wildman–Crippen MR) is 75.5 cm³/mol. The van der Waals surface area contributed by atoms with Gasteiger partial charge in [0.2, 0.25) is 0 Å². The summed E-state index contributed by atoms with van der Waals surface area (Å²) in [4.78, 5) is 4.57. The molecule has 3 aromatic rings. The highest BCUT2D eigenvalue weighted by Crippen LogP contribution is 2.38. The molecule has 0 atom stereocenters. The molecule has 5 heteroatoms. The predicted octanol–water partition coefficient (Wildman–Crippen LogP) is 4.11. The van der Waals surface area contributed by atoms with Gasteiger partial charge in [0.25, 0.3) is 0 Å². The fraction of sp³-hybridized carbons (Fsp3) is 0.231. The van der Waals surface area contributed by atoms with Gasteiger partial charge in [-0.1, -0.05) is 0 Å². The molecule has 18 heavy (non-hydrogen) atoms. The molecule has 0 fully saturated rings. The highest BCUT2D eigenvalue weighted by atomic mass is 32.1. The van der Waals surface area contributed by atoms with Gasteiger partial charge in [-0.15, -0.1) is 22.7 Å². The minimum atomic E-state index is 0.408. The third-order valence-electron chi connectivity index (χ3n) is 2.64. The van der Waals surface area contributed by atoms with Crippen molar-refractivity contribution in [1.82, 2.24) is 4.98 Å². The van der Waals surface area contributed by atoms with Gasteiger partial charge in [-0.25, -0.2) is 4.98 Å². The molecule has 2 aromatic heterocycles. The molecule has 0 saturated heterocycles. The molecular formula is C13H10N2OS2. The quantitative estimate of drug-likeness (QED) is 0.675. The number of ether oxygens (including phenoxy) is 1. The Kier molecular flexibility index (Phi) is 2.90. The van der Waals surface area contributed by atoms with Gasteiger partial charge in [0.1, 0.15) is 12.4 Å². The first-order valence-electron chi connectivity index (χ1n) is 5.56. The lowest BCUT2D eigenvalue weighted by atomic mass is 10.2. The Balaban J connectivity index is 2.16. The number of nitrogens with zero attached hydrogens (tertiary/aromatic N) is 2. The Morgan fingerprint density at radius 2 is 2.39 bits per heavy atom. The highest BCUT2D eigenvalue weighted by molar-refractivity contribution is 7.21. The molecule has 0 aliphatic rings. The van der Waals surface area contributed by atoms with E-state index in [9.17, 15) is 0 Å². The Hall–Kier alpha value is -1.64. The molecule has 1 aromatic carbocycles. The van der Waals surface area contributed by atoms with Crippen LogP contribution in [0.25, 0.3) is 20.3 Å². The standard InChI is InChI=1S/C13H10N2OS2/c1-8-15-12-11(18-8)7-10(16-5-2-4-14)9-3-6-17-13(9)12/h3,6-7H,2,5H2,1H3. The van der Waals surface area contributed by atoms with Crippen LogP contribution in [-0.2, 0) is 0 Å². The van der Waals surface area contributed by atoms with Crippen molar-refractivity contribution < 1.29 is 4.74 Å². The molecule has 0 amide bonds. The Bertz CT molecular complexity index is 751. The number of hydrogen-bond donors (Lipinski definition) is 0. The van der Waals surface area contributed by atoms with Gasteiger partial charge in [0, 0.05) is 11.5 Å². The van der Waals surface area contributed by atoms with E-state index in [-0.39, 0.29) is 0 Å². The summed E-state index contributed by atoms with van der Waals surface area (Å²) in [6, 6.07) is 6.17. The molecule has 2 heterocycles. The fourth-order valence-corrected chi connectivity index (χ4v) is 3.75. The number of thiazole rings is 1. The van der Waals surface area contributed by atoms with Crippen molar-refractivity contribution >= 4 is 43.0 Å². The summed E-state index contributed by atoms with van der Waals surface area (Å²) in [7, 11) is 0. The number of aryl methyl sites for hydroxylation is 1. The number of benzene rings is 1. The molecule has 0 aliphatic heterocycles. The summed E-state index contributed by atoms with van der Waals surface area (Å²) < 4.78 is 8.02. The lowest BCUT2D eigenvalue weighted by molar-refractivity contribution is 0.331. The zero-order valence-corrected chi connectivity index (χ0v) is 11.4. The zero-order chi connectivity index (χ0) is 12.5. The van der Waals surface area contributed by atoms with Crippen LogP contribution >= 0.6 is 22.7 Å². The van der Waals surface area contributed by atoms with Gasteiger partial charge >= 0.3 is 0 Å². The van der Waals surface area contributed by atoms with Gasteiger partial charge < -0.3 is 4.74 Å². The molecule has 0 radical (unpaired) electrons. The average Bonchev–Trinajstić information content (AvgIpc) is 2.94. The Labute approximate surface area is 112 Å². The van der Waals surface area contributed by atoms with E-state index in [1.807, 2.05) is 13.0 Å². The van der Waals surface area contributed by atoms with Crippen molar-refractivity contribution in [3.63, 3.8) is 0 Å². The van der Waals surface area contributed by atoms with Crippen molar-refractivity contribution in [1.29, 1.82) is 5.26 Å². The molecule has 0 aliphatic carbocycles. The van der Waals surface area contributed by atoms with Crippen molar-refractivity contribution in [3.8, 4) is 11.8 Å². The van der Waals surface area contributed by atoms with E-state index in [0.717, 1.165) is 26.4 Å². The molecule has 0 spiro atoms. The summed E-state index contributed by atoms with van der Waals surface area (Å²) in [5.41, 5.74) is 1.06.